The van der Waals surface area contributed by atoms with Crippen molar-refractivity contribution in [2.75, 3.05) is 13.1 Å². The Bertz CT molecular complexity index is 563. The standard InChI is InChI=1S/C12H11Br2NO4/c13-7-1-5-4-19-8-3-15(12(17)18)2-6(8)9(5)10(14)11(7)16/h1,6,8,16H,2-4H2,(H,17,18). The molecular weight excluding hydrogens is 382 g/mol. The molecule has 102 valence electrons. The SMILES string of the molecule is O=C(O)N1CC2OCc3cc(Br)c(O)c(Br)c3C2C1. The highest BCUT2D eigenvalue weighted by Gasteiger charge is 2.42. The summed E-state index contributed by atoms with van der Waals surface area (Å²) in [5.74, 6) is 0.112. The van der Waals surface area contributed by atoms with Crippen LogP contribution in [-0.4, -0.2) is 40.4 Å². The van der Waals surface area contributed by atoms with Gasteiger partial charge in [0.1, 0.15) is 5.75 Å². The van der Waals surface area contributed by atoms with Gasteiger partial charge in [0.2, 0.25) is 0 Å². The summed E-state index contributed by atoms with van der Waals surface area (Å²) in [6.45, 7) is 1.21. The second-order valence-electron chi connectivity index (χ2n) is 4.74. The van der Waals surface area contributed by atoms with Gasteiger partial charge in [-0.2, -0.15) is 0 Å². The second-order valence-corrected chi connectivity index (χ2v) is 6.38. The number of halogens is 2. The molecule has 1 aromatic carbocycles. The number of fused-ring (bicyclic) bond motifs is 3. The summed E-state index contributed by atoms with van der Waals surface area (Å²) < 4.78 is 6.96. The van der Waals surface area contributed by atoms with E-state index in [1.54, 1.807) is 0 Å². The summed E-state index contributed by atoms with van der Waals surface area (Å²) in [5.41, 5.74) is 1.94. The van der Waals surface area contributed by atoms with E-state index in [0.717, 1.165) is 11.1 Å². The number of phenolic OH excluding ortho intramolecular Hbond substituents is 1. The molecule has 19 heavy (non-hydrogen) atoms. The normalized spacial score (nSPS) is 25.1. The number of rotatable bonds is 0. The number of hydrogen-bond donors (Lipinski definition) is 2. The van der Waals surface area contributed by atoms with Crippen LogP contribution in [0.5, 0.6) is 5.75 Å². The van der Waals surface area contributed by atoms with Crippen molar-refractivity contribution in [3.63, 3.8) is 0 Å². The van der Waals surface area contributed by atoms with Crippen LogP contribution < -0.4 is 0 Å². The molecule has 2 heterocycles. The molecule has 2 aliphatic heterocycles. The van der Waals surface area contributed by atoms with Gasteiger partial charge in [-0.3, -0.25) is 0 Å². The summed E-state index contributed by atoms with van der Waals surface area (Å²) in [6, 6.07) is 1.83. The lowest BCUT2D eigenvalue weighted by Crippen LogP contribution is -2.29. The molecule has 1 amide bonds. The maximum absolute atomic E-state index is 11.1. The first kappa shape index (κ1) is 13.2. The van der Waals surface area contributed by atoms with Gasteiger partial charge in [-0.05, 0) is 49.1 Å². The van der Waals surface area contributed by atoms with Gasteiger partial charge in [0.25, 0.3) is 0 Å². The zero-order valence-electron chi connectivity index (χ0n) is 9.77. The maximum atomic E-state index is 11.1. The van der Waals surface area contributed by atoms with Gasteiger partial charge in [-0.15, -0.1) is 0 Å². The summed E-state index contributed by atoms with van der Waals surface area (Å²) in [7, 11) is 0. The third-order valence-corrected chi connectivity index (χ3v) is 5.09. The molecule has 0 bridgehead atoms. The van der Waals surface area contributed by atoms with Crippen LogP contribution in [0.2, 0.25) is 0 Å². The van der Waals surface area contributed by atoms with Crippen molar-refractivity contribution in [1.29, 1.82) is 0 Å². The molecule has 0 spiro atoms. The molecule has 0 aliphatic carbocycles. The molecule has 0 saturated carbocycles. The van der Waals surface area contributed by atoms with Gasteiger partial charge in [-0.25, -0.2) is 4.79 Å². The molecule has 0 radical (unpaired) electrons. The number of ether oxygens (including phenoxy) is 1. The Balaban J connectivity index is 2.05. The minimum Gasteiger partial charge on any atom is -0.506 e. The van der Waals surface area contributed by atoms with Crippen molar-refractivity contribution in [3.05, 3.63) is 26.1 Å². The van der Waals surface area contributed by atoms with Crippen molar-refractivity contribution in [2.45, 2.75) is 18.6 Å². The first-order chi connectivity index (χ1) is 8.99. The second kappa shape index (κ2) is 4.64. The zero-order chi connectivity index (χ0) is 13.7. The summed E-state index contributed by atoms with van der Waals surface area (Å²) in [6.07, 6.45) is -1.07. The first-order valence-electron chi connectivity index (χ1n) is 5.78. The number of aromatic hydroxyl groups is 1. The molecule has 0 aromatic heterocycles. The largest absolute Gasteiger partial charge is 0.506 e. The Hall–Kier alpha value is -0.790. The topological polar surface area (TPSA) is 70.0 Å². The lowest BCUT2D eigenvalue weighted by atomic mass is 9.89. The number of phenols is 1. The third-order valence-electron chi connectivity index (χ3n) is 3.68. The van der Waals surface area contributed by atoms with E-state index in [4.69, 9.17) is 9.84 Å². The van der Waals surface area contributed by atoms with E-state index in [1.165, 1.54) is 4.90 Å². The minimum atomic E-state index is -0.933. The smallest absolute Gasteiger partial charge is 0.407 e. The van der Waals surface area contributed by atoms with Crippen LogP contribution in [0, 0.1) is 0 Å². The van der Waals surface area contributed by atoms with E-state index < -0.39 is 6.09 Å². The van der Waals surface area contributed by atoms with Gasteiger partial charge in [0.15, 0.2) is 0 Å². The molecule has 1 saturated heterocycles. The van der Waals surface area contributed by atoms with E-state index in [0.29, 0.717) is 28.6 Å². The molecule has 5 nitrogen and oxygen atoms in total. The fourth-order valence-corrected chi connectivity index (χ4v) is 4.27. The maximum Gasteiger partial charge on any atom is 0.407 e. The number of carbonyl (C=O) groups is 1. The van der Waals surface area contributed by atoms with Gasteiger partial charge in [0.05, 0.1) is 28.2 Å². The van der Waals surface area contributed by atoms with Gasteiger partial charge >= 0.3 is 6.09 Å². The highest BCUT2D eigenvalue weighted by Crippen LogP contribution is 2.46. The van der Waals surface area contributed by atoms with Crippen LogP contribution in [0.25, 0.3) is 0 Å². The van der Waals surface area contributed by atoms with Crippen LogP contribution in [-0.2, 0) is 11.3 Å². The number of nitrogens with zero attached hydrogens (tertiary/aromatic N) is 1. The highest BCUT2D eigenvalue weighted by molar-refractivity contribution is 9.11. The van der Waals surface area contributed by atoms with Crippen molar-refractivity contribution >= 4 is 38.0 Å². The average molecular weight is 393 g/mol. The molecule has 1 fully saturated rings. The Kier molecular flexibility index (Phi) is 3.23. The Labute approximate surface area is 126 Å². The van der Waals surface area contributed by atoms with Crippen molar-refractivity contribution < 1.29 is 19.7 Å². The zero-order valence-corrected chi connectivity index (χ0v) is 12.9. The number of hydrogen-bond acceptors (Lipinski definition) is 3. The quantitative estimate of drug-likeness (QED) is 0.712. The third kappa shape index (κ3) is 2.04. The van der Waals surface area contributed by atoms with Crippen molar-refractivity contribution in [2.24, 2.45) is 0 Å². The average Bonchev–Trinajstić information content (AvgIpc) is 2.79. The lowest BCUT2D eigenvalue weighted by molar-refractivity contribution is 0.0251. The molecule has 7 heteroatoms. The number of benzene rings is 1. The first-order valence-corrected chi connectivity index (χ1v) is 7.37. The summed E-state index contributed by atoms with van der Waals surface area (Å²) in [5, 5.41) is 19.1. The monoisotopic (exact) mass is 391 g/mol. The van der Waals surface area contributed by atoms with Crippen LogP contribution in [0.3, 0.4) is 0 Å². The van der Waals surface area contributed by atoms with Crippen LogP contribution >= 0.6 is 31.9 Å². The van der Waals surface area contributed by atoms with Gasteiger partial charge in [-0.1, -0.05) is 0 Å². The van der Waals surface area contributed by atoms with Crippen LogP contribution in [0.15, 0.2) is 15.0 Å². The molecule has 1 aromatic rings. The van der Waals surface area contributed by atoms with E-state index in [1.807, 2.05) is 6.07 Å². The van der Waals surface area contributed by atoms with Crippen molar-refractivity contribution in [1.82, 2.24) is 4.90 Å². The molecular formula is C12H11Br2NO4. The van der Waals surface area contributed by atoms with E-state index in [-0.39, 0.29) is 17.8 Å². The number of carboxylic acid groups (broad SMARTS) is 1. The van der Waals surface area contributed by atoms with Gasteiger partial charge in [0, 0.05) is 12.5 Å². The van der Waals surface area contributed by atoms with Crippen LogP contribution in [0.4, 0.5) is 4.79 Å². The lowest BCUT2D eigenvalue weighted by Gasteiger charge is -2.29. The molecule has 3 rings (SSSR count). The van der Waals surface area contributed by atoms with E-state index in [9.17, 15) is 9.90 Å². The molecule has 2 atom stereocenters. The molecule has 2 unspecified atom stereocenters. The van der Waals surface area contributed by atoms with Gasteiger partial charge < -0.3 is 19.8 Å². The van der Waals surface area contributed by atoms with E-state index in [2.05, 4.69) is 31.9 Å². The summed E-state index contributed by atoms with van der Waals surface area (Å²) >= 11 is 6.70. The number of likely N-dealkylation sites (tertiary alicyclic amines) is 1. The molecule has 2 N–H and O–H groups in total. The Morgan fingerprint density at radius 3 is 2.84 bits per heavy atom. The van der Waals surface area contributed by atoms with E-state index >= 15 is 0 Å². The van der Waals surface area contributed by atoms with Crippen LogP contribution in [0.1, 0.15) is 17.0 Å². The highest BCUT2D eigenvalue weighted by atomic mass is 79.9. The predicted octanol–water partition coefficient (Wildman–Crippen LogP) is 2.89. The predicted molar refractivity (Wildman–Crippen MR) is 74.4 cm³/mol. The van der Waals surface area contributed by atoms with Crippen molar-refractivity contribution in [3.8, 4) is 5.75 Å². The fourth-order valence-electron chi connectivity index (χ4n) is 2.77. The Morgan fingerprint density at radius 2 is 2.16 bits per heavy atom. The Morgan fingerprint density at radius 1 is 1.42 bits per heavy atom. The fraction of sp³-hybridized carbons (Fsp3) is 0.417. The number of amides is 1. The minimum absolute atomic E-state index is 0.0341. The molecule has 2 aliphatic rings. The summed E-state index contributed by atoms with van der Waals surface area (Å²) in [4.78, 5) is 12.4.